The van der Waals surface area contributed by atoms with Gasteiger partial charge < -0.3 is 9.47 Å². The zero-order chi connectivity index (χ0) is 8.66. The quantitative estimate of drug-likeness (QED) is 0.573. The minimum absolute atomic E-state index is 0.340. The third kappa shape index (κ3) is 1.72. The molecule has 0 aromatic carbocycles. The first-order valence-electron chi connectivity index (χ1n) is 4.28. The predicted molar refractivity (Wildman–Crippen MR) is 47.5 cm³/mol. The van der Waals surface area contributed by atoms with Crippen LogP contribution >= 0.6 is 23.2 Å². The molecule has 4 heteroatoms. The van der Waals surface area contributed by atoms with Gasteiger partial charge in [0.15, 0.2) is 5.79 Å². The van der Waals surface area contributed by atoms with Gasteiger partial charge in [-0.05, 0) is 12.8 Å². The van der Waals surface area contributed by atoms with Crippen LogP contribution in [0, 0.1) is 0 Å². The summed E-state index contributed by atoms with van der Waals surface area (Å²) in [5.74, 6) is -0.340. The standard InChI is InChI=1S/C8H12Cl2O2/c9-7(10)1-3-8(4-2-7)11-5-6-12-8/h1-6H2. The minimum Gasteiger partial charge on any atom is -0.348 e. The van der Waals surface area contributed by atoms with Crippen molar-refractivity contribution in [1.82, 2.24) is 0 Å². The summed E-state index contributed by atoms with van der Waals surface area (Å²) in [5.41, 5.74) is 0. The van der Waals surface area contributed by atoms with Gasteiger partial charge >= 0.3 is 0 Å². The lowest BCUT2D eigenvalue weighted by atomic mass is 9.93. The Labute approximate surface area is 82.1 Å². The minimum atomic E-state index is -0.555. The second kappa shape index (κ2) is 3.02. The Morgan fingerprint density at radius 3 is 1.83 bits per heavy atom. The van der Waals surface area contributed by atoms with Crippen molar-refractivity contribution in [2.75, 3.05) is 13.2 Å². The summed E-state index contributed by atoms with van der Waals surface area (Å²) in [6, 6.07) is 0. The fraction of sp³-hybridized carbons (Fsp3) is 1.00. The van der Waals surface area contributed by atoms with Crippen LogP contribution in [0.25, 0.3) is 0 Å². The van der Waals surface area contributed by atoms with E-state index in [0.717, 1.165) is 25.7 Å². The van der Waals surface area contributed by atoms with Gasteiger partial charge in [0.05, 0.1) is 13.2 Å². The first-order chi connectivity index (χ1) is 5.62. The van der Waals surface area contributed by atoms with Crippen molar-refractivity contribution < 1.29 is 9.47 Å². The molecule has 1 saturated heterocycles. The van der Waals surface area contributed by atoms with Crippen LogP contribution < -0.4 is 0 Å². The van der Waals surface area contributed by atoms with Gasteiger partial charge in [-0.25, -0.2) is 0 Å². The van der Waals surface area contributed by atoms with E-state index in [2.05, 4.69) is 0 Å². The van der Waals surface area contributed by atoms with Crippen LogP contribution in [0.3, 0.4) is 0 Å². The highest BCUT2D eigenvalue weighted by Crippen LogP contribution is 2.45. The third-order valence-corrected chi connectivity index (χ3v) is 3.31. The summed E-state index contributed by atoms with van der Waals surface area (Å²) in [4.78, 5) is 0. The smallest absolute Gasteiger partial charge is 0.168 e. The van der Waals surface area contributed by atoms with Crippen LogP contribution in [0.1, 0.15) is 25.7 Å². The van der Waals surface area contributed by atoms with E-state index in [-0.39, 0.29) is 5.79 Å². The summed E-state index contributed by atoms with van der Waals surface area (Å²) < 4.78 is 10.5. The largest absolute Gasteiger partial charge is 0.348 e. The molecule has 0 aromatic rings. The molecular weight excluding hydrogens is 199 g/mol. The molecule has 2 rings (SSSR count). The van der Waals surface area contributed by atoms with Crippen LogP contribution in [0.5, 0.6) is 0 Å². The molecule has 2 fully saturated rings. The molecule has 0 aromatic heterocycles. The monoisotopic (exact) mass is 210 g/mol. The SMILES string of the molecule is ClC1(Cl)CCC2(CC1)OCCO2. The molecule has 1 saturated carbocycles. The molecule has 0 unspecified atom stereocenters. The lowest BCUT2D eigenvalue weighted by Crippen LogP contribution is -2.38. The Hall–Kier alpha value is 0.500. The molecule has 0 amide bonds. The zero-order valence-electron chi connectivity index (χ0n) is 6.82. The molecule has 0 atom stereocenters. The zero-order valence-corrected chi connectivity index (χ0v) is 8.33. The van der Waals surface area contributed by atoms with Crippen molar-refractivity contribution >= 4 is 23.2 Å². The first kappa shape index (κ1) is 9.07. The maximum Gasteiger partial charge on any atom is 0.168 e. The Morgan fingerprint density at radius 2 is 1.33 bits per heavy atom. The Kier molecular flexibility index (Phi) is 2.28. The first-order valence-corrected chi connectivity index (χ1v) is 5.03. The van der Waals surface area contributed by atoms with Crippen molar-refractivity contribution in [3.63, 3.8) is 0 Å². The fourth-order valence-corrected chi connectivity index (χ4v) is 2.16. The van der Waals surface area contributed by atoms with Gasteiger partial charge in [0.25, 0.3) is 0 Å². The van der Waals surface area contributed by atoms with Gasteiger partial charge in [-0.15, -0.1) is 23.2 Å². The van der Waals surface area contributed by atoms with Crippen molar-refractivity contribution in [3.8, 4) is 0 Å². The molecule has 0 radical (unpaired) electrons. The molecule has 2 aliphatic rings. The van der Waals surface area contributed by atoms with E-state index in [4.69, 9.17) is 32.7 Å². The van der Waals surface area contributed by atoms with E-state index >= 15 is 0 Å². The molecule has 0 N–H and O–H groups in total. The van der Waals surface area contributed by atoms with E-state index in [0.29, 0.717) is 13.2 Å². The Balaban J connectivity index is 1.97. The number of ether oxygens (including phenoxy) is 2. The van der Waals surface area contributed by atoms with E-state index in [9.17, 15) is 0 Å². The molecule has 1 heterocycles. The fourth-order valence-electron chi connectivity index (χ4n) is 1.78. The summed E-state index contributed by atoms with van der Waals surface area (Å²) in [5, 5.41) is 0. The highest BCUT2D eigenvalue weighted by Gasteiger charge is 2.44. The number of hydrogen-bond acceptors (Lipinski definition) is 2. The van der Waals surface area contributed by atoms with Crippen molar-refractivity contribution in [1.29, 1.82) is 0 Å². The average Bonchev–Trinajstić information content (AvgIpc) is 2.46. The van der Waals surface area contributed by atoms with Crippen LogP contribution in [-0.4, -0.2) is 23.3 Å². The van der Waals surface area contributed by atoms with E-state index in [1.807, 2.05) is 0 Å². The summed E-state index contributed by atoms with van der Waals surface area (Å²) in [7, 11) is 0. The maximum absolute atomic E-state index is 5.99. The molecular formula is C8H12Cl2O2. The Morgan fingerprint density at radius 1 is 0.833 bits per heavy atom. The van der Waals surface area contributed by atoms with E-state index in [1.165, 1.54) is 0 Å². The summed E-state index contributed by atoms with van der Waals surface area (Å²) in [6.45, 7) is 1.41. The van der Waals surface area contributed by atoms with Crippen molar-refractivity contribution in [3.05, 3.63) is 0 Å². The van der Waals surface area contributed by atoms with Gasteiger partial charge in [0.2, 0.25) is 0 Å². The highest BCUT2D eigenvalue weighted by molar-refractivity contribution is 6.48. The van der Waals surface area contributed by atoms with Gasteiger partial charge in [-0.2, -0.15) is 0 Å². The molecule has 1 spiro atoms. The Bertz CT molecular complexity index is 164. The number of alkyl halides is 2. The van der Waals surface area contributed by atoms with Crippen LogP contribution in [-0.2, 0) is 9.47 Å². The number of halogens is 2. The topological polar surface area (TPSA) is 18.5 Å². The second-order valence-corrected chi connectivity index (χ2v) is 5.10. The molecule has 1 aliphatic heterocycles. The van der Waals surface area contributed by atoms with Crippen LogP contribution in [0.15, 0.2) is 0 Å². The normalized spacial score (nSPS) is 32.5. The van der Waals surface area contributed by atoms with Crippen molar-refractivity contribution in [2.24, 2.45) is 0 Å². The lowest BCUT2D eigenvalue weighted by molar-refractivity contribution is -0.177. The summed E-state index contributed by atoms with van der Waals surface area (Å²) >= 11 is 12.0. The average molecular weight is 211 g/mol. The van der Waals surface area contributed by atoms with Crippen LogP contribution in [0.4, 0.5) is 0 Å². The number of rotatable bonds is 0. The maximum atomic E-state index is 5.99. The summed E-state index contributed by atoms with van der Waals surface area (Å²) in [6.07, 6.45) is 3.16. The van der Waals surface area contributed by atoms with Gasteiger partial charge in [0, 0.05) is 12.8 Å². The van der Waals surface area contributed by atoms with Gasteiger partial charge in [-0.1, -0.05) is 0 Å². The third-order valence-electron chi connectivity index (χ3n) is 2.56. The lowest BCUT2D eigenvalue weighted by Gasteiger charge is -2.36. The molecule has 2 nitrogen and oxygen atoms in total. The van der Waals surface area contributed by atoms with Crippen LogP contribution in [0.2, 0.25) is 0 Å². The molecule has 70 valence electrons. The van der Waals surface area contributed by atoms with Gasteiger partial charge in [0.1, 0.15) is 4.33 Å². The molecule has 1 aliphatic carbocycles. The van der Waals surface area contributed by atoms with E-state index in [1.54, 1.807) is 0 Å². The van der Waals surface area contributed by atoms with Crippen molar-refractivity contribution in [2.45, 2.75) is 35.8 Å². The highest BCUT2D eigenvalue weighted by atomic mass is 35.5. The molecule has 12 heavy (non-hydrogen) atoms. The van der Waals surface area contributed by atoms with Gasteiger partial charge in [-0.3, -0.25) is 0 Å². The second-order valence-electron chi connectivity index (χ2n) is 3.46. The predicted octanol–water partition coefficient (Wildman–Crippen LogP) is 2.48. The number of hydrogen-bond donors (Lipinski definition) is 0. The molecule has 0 bridgehead atoms. The van der Waals surface area contributed by atoms with E-state index < -0.39 is 4.33 Å².